The third-order valence-corrected chi connectivity index (χ3v) is 4.16. The van der Waals surface area contributed by atoms with E-state index in [0.29, 0.717) is 8.67 Å². The van der Waals surface area contributed by atoms with Gasteiger partial charge in [0.15, 0.2) is 0 Å². The number of rotatable bonds is 5. The summed E-state index contributed by atoms with van der Waals surface area (Å²) in [6.07, 6.45) is 2.78. The monoisotopic (exact) mass is 304 g/mol. The van der Waals surface area contributed by atoms with Gasteiger partial charge < -0.3 is 5.32 Å². The first-order valence-electron chi connectivity index (χ1n) is 5.66. The molecule has 4 nitrogen and oxygen atoms in total. The molecule has 18 heavy (non-hydrogen) atoms. The zero-order valence-electron chi connectivity index (χ0n) is 10.2. The molecule has 2 aromatic rings. The van der Waals surface area contributed by atoms with Crippen molar-refractivity contribution in [3.8, 4) is 0 Å². The van der Waals surface area contributed by atoms with Crippen molar-refractivity contribution in [2.24, 2.45) is 7.05 Å². The van der Waals surface area contributed by atoms with E-state index in [9.17, 15) is 0 Å². The maximum Gasteiger partial charge on any atom is 0.0996 e. The molecule has 2 aromatic heterocycles. The van der Waals surface area contributed by atoms with Crippen molar-refractivity contribution in [3.63, 3.8) is 0 Å². The van der Waals surface area contributed by atoms with Gasteiger partial charge in [0.05, 0.1) is 26.6 Å². The molecule has 0 aliphatic carbocycles. The van der Waals surface area contributed by atoms with Crippen LogP contribution in [0.4, 0.5) is 0 Å². The van der Waals surface area contributed by atoms with E-state index in [2.05, 4.69) is 22.6 Å². The van der Waals surface area contributed by atoms with Gasteiger partial charge in [0, 0.05) is 12.6 Å². The number of hydrogen-bond donors (Lipinski definition) is 1. The van der Waals surface area contributed by atoms with Gasteiger partial charge in [-0.3, -0.25) is 4.68 Å². The van der Waals surface area contributed by atoms with Gasteiger partial charge in [-0.25, -0.2) is 0 Å². The van der Waals surface area contributed by atoms with Crippen LogP contribution < -0.4 is 5.32 Å². The van der Waals surface area contributed by atoms with Gasteiger partial charge in [0.25, 0.3) is 0 Å². The lowest BCUT2D eigenvalue weighted by Gasteiger charge is -2.17. The lowest BCUT2D eigenvalue weighted by Crippen LogP contribution is -2.25. The Morgan fingerprint density at radius 2 is 2.28 bits per heavy atom. The van der Waals surface area contributed by atoms with E-state index < -0.39 is 0 Å². The Kier molecular flexibility index (Phi) is 4.61. The Morgan fingerprint density at radius 1 is 1.50 bits per heavy atom. The van der Waals surface area contributed by atoms with Gasteiger partial charge in [0.1, 0.15) is 0 Å². The van der Waals surface area contributed by atoms with E-state index in [1.165, 1.54) is 11.3 Å². The quantitative estimate of drug-likeness (QED) is 0.922. The molecule has 0 aliphatic rings. The van der Waals surface area contributed by atoms with Crippen molar-refractivity contribution >= 4 is 34.5 Å². The smallest absolute Gasteiger partial charge is 0.0996 e. The van der Waals surface area contributed by atoms with E-state index in [1.807, 2.05) is 13.1 Å². The van der Waals surface area contributed by atoms with Gasteiger partial charge in [-0.1, -0.05) is 35.3 Å². The molecule has 0 saturated heterocycles. The topological polar surface area (TPSA) is 42.7 Å². The second-order valence-electron chi connectivity index (χ2n) is 3.95. The Balaban J connectivity index is 2.37. The van der Waals surface area contributed by atoms with Crippen LogP contribution in [-0.2, 0) is 7.05 Å². The Morgan fingerprint density at radius 3 is 2.78 bits per heavy atom. The molecule has 0 aromatic carbocycles. The van der Waals surface area contributed by atoms with Crippen LogP contribution in [0.3, 0.4) is 0 Å². The van der Waals surface area contributed by atoms with Crippen molar-refractivity contribution in [2.45, 2.75) is 19.4 Å². The summed E-state index contributed by atoms with van der Waals surface area (Å²) in [6, 6.07) is 1.87. The summed E-state index contributed by atoms with van der Waals surface area (Å²) < 4.78 is 3.14. The molecule has 1 unspecified atom stereocenters. The first kappa shape index (κ1) is 13.8. The average Bonchev–Trinajstić information content (AvgIpc) is 2.87. The second-order valence-corrected chi connectivity index (χ2v) is 6.23. The highest BCUT2D eigenvalue weighted by atomic mass is 35.5. The minimum absolute atomic E-state index is 0.0267. The van der Waals surface area contributed by atoms with Crippen LogP contribution in [0.2, 0.25) is 8.67 Å². The van der Waals surface area contributed by atoms with Crippen molar-refractivity contribution in [1.82, 2.24) is 20.3 Å². The molecule has 2 heterocycles. The number of nitrogens with one attached hydrogen (secondary N) is 1. The third-order valence-electron chi connectivity index (χ3n) is 2.64. The van der Waals surface area contributed by atoms with Crippen LogP contribution in [0.1, 0.15) is 30.6 Å². The van der Waals surface area contributed by atoms with Gasteiger partial charge in [-0.2, -0.15) is 0 Å². The molecule has 2 rings (SSSR count). The first-order chi connectivity index (χ1) is 8.63. The fourth-order valence-corrected chi connectivity index (χ4v) is 3.30. The minimum atomic E-state index is -0.0267. The fraction of sp³-hybridized carbons (Fsp3) is 0.455. The highest BCUT2D eigenvalue weighted by molar-refractivity contribution is 7.20. The minimum Gasteiger partial charge on any atom is -0.305 e. The lowest BCUT2D eigenvalue weighted by atomic mass is 10.1. The molecule has 0 bridgehead atoms. The molecular weight excluding hydrogens is 291 g/mol. The molecule has 98 valence electrons. The Hall–Kier alpha value is -0.620. The fourth-order valence-electron chi connectivity index (χ4n) is 1.77. The van der Waals surface area contributed by atoms with E-state index in [4.69, 9.17) is 23.2 Å². The van der Waals surface area contributed by atoms with Crippen LogP contribution in [-0.4, -0.2) is 21.5 Å². The SMILES string of the molecule is CCCNC(c1cc(Cl)sc1Cl)c1cnnn1C. The summed E-state index contributed by atoms with van der Waals surface area (Å²) in [7, 11) is 1.87. The largest absolute Gasteiger partial charge is 0.305 e. The van der Waals surface area contributed by atoms with Crippen molar-refractivity contribution in [2.75, 3.05) is 6.54 Å². The van der Waals surface area contributed by atoms with E-state index in [1.54, 1.807) is 10.9 Å². The number of thiophene rings is 1. The summed E-state index contributed by atoms with van der Waals surface area (Å²) >= 11 is 13.6. The standard InChI is InChI=1S/C11H14Cl2N4S/c1-3-4-14-10(8-6-15-16-17(8)2)7-5-9(12)18-11(7)13/h5-6,10,14H,3-4H2,1-2H3. The average molecular weight is 305 g/mol. The Bertz CT molecular complexity index is 523. The van der Waals surface area contributed by atoms with Crippen molar-refractivity contribution in [1.29, 1.82) is 0 Å². The molecule has 0 fully saturated rings. The van der Waals surface area contributed by atoms with Crippen molar-refractivity contribution < 1.29 is 0 Å². The van der Waals surface area contributed by atoms with Crippen molar-refractivity contribution in [3.05, 3.63) is 32.2 Å². The van der Waals surface area contributed by atoms with Crippen LogP contribution in [0.25, 0.3) is 0 Å². The predicted molar refractivity (Wildman–Crippen MR) is 75.5 cm³/mol. The third kappa shape index (κ3) is 2.85. The number of aromatic nitrogens is 3. The second kappa shape index (κ2) is 6.02. The van der Waals surface area contributed by atoms with E-state index in [0.717, 1.165) is 24.2 Å². The van der Waals surface area contributed by atoms with Gasteiger partial charge in [-0.05, 0) is 19.0 Å². The number of hydrogen-bond acceptors (Lipinski definition) is 4. The molecule has 0 saturated carbocycles. The van der Waals surface area contributed by atoms with Crippen LogP contribution in [0.5, 0.6) is 0 Å². The van der Waals surface area contributed by atoms with Gasteiger partial charge in [-0.15, -0.1) is 16.4 Å². The number of nitrogens with zero attached hydrogens (tertiary/aromatic N) is 3. The maximum absolute atomic E-state index is 6.23. The van der Waals surface area contributed by atoms with Gasteiger partial charge in [0.2, 0.25) is 0 Å². The number of aryl methyl sites for hydroxylation is 1. The molecule has 1 N–H and O–H groups in total. The Labute approximate surface area is 120 Å². The summed E-state index contributed by atoms with van der Waals surface area (Å²) in [5.74, 6) is 0. The molecule has 1 atom stereocenters. The summed E-state index contributed by atoms with van der Waals surface area (Å²) in [6.45, 7) is 3.01. The molecule has 0 aliphatic heterocycles. The molecular formula is C11H14Cl2N4S. The van der Waals surface area contributed by atoms with Crippen LogP contribution in [0.15, 0.2) is 12.3 Å². The number of halogens is 2. The van der Waals surface area contributed by atoms with E-state index in [-0.39, 0.29) is 6.04 Å². The highest BCUT2D eigenvalue weighted by Gasteiger charge is 2.22. The lowest BCUT2D eigenvalue weighted by molar-refractivity contribution is 0.552. The zero-order valence-corrected chi connectivity index (χ0v) is 12.5. The highest BCUT2D eigenvalue weighted by Crippen LogP contribution is 2.37. The predicted octanol–water partition coefficient (Wildman–Crippen LogP) is 3.27. The summed E-state index contributed by atoms with van der Waals surface area (Å²) in [5.41, 5.74) is 1.95. The van der Waals surface area contributed by atoms with Gasteiger partial charge >= 0.3 is 0 Å². The van der Waals surface area contributed by atoms with Crippen LogP contribution >= 0.6 is 34.5 Å². The molecule has 0 spiro atoms. The first-order valence-corrected chi connectivity index (χ1v) is 7.23. The summed E-state index contributed by atoms with van der Waals surface area (Å²) in [4.78, 5) is 0. The molecule has 0 amide bonds. The normalized spacial score (nSPS) is 12.9. The zero-order chi connectivity index (χ0) is 13.1. The van der Waals surface area contributed by atoms with Crippen LogP contribution in [0, 0.1) is 0 Å². The maximum atomic E-state index is 6.23. The van der Waals surface area contributed by atoms with E-state index >= 15 is 0 Å². The molecule has 7 heteroatoms. The summed E-state index contributed by atoms with van der Waals surface area (Å²) in [5, 5.41) is 11.3. The molecule has 0 radical (unpaired) electrons.